The molecular formula is C12H19N3O4S. The van der Waals surface area contributed by atoms with Crippen molar-refractivity contribution in [2.45, 2.75) is 31.6 Å². The fraction of sp³-hybridized carbons (Fsp3) is 0.667. The van der Waals surface area contributed by atoms with Gasteiger partial charge in [0.05, 0.1) is 5.75 Å². The number of carboxylic acids is 1. The summed E-state index contributed by atoms with van der Waals surface area (Å²) in [5, 5.41) is 15.4. The SMILES string of the molecule is O=C(O)CCCS(=O)(=O)N1CCCC(c2ccn[nH]2)C1. The van der Waals surface area contributed by atoms with E-state index in [4.69, 9.17) is 5.11 Å². The van der Waals surface area contributed by atoms with Gasteiger partial charge < -0.3 is 5.11 Å². The molecule has 7 nitrogen and oxygen atoms in total. The number of aromatic amines is 1. The number of aliphatic carboxylic acids is 1. The van der Waals surface area contributed by atoms with Gasteiger partial charge in [0.15, 0.2) is 0 Å². The summed E-state index contributed by atoms with van der Waals surface area (Å²) in [4.78, 5) is 10.4. The normalized spacial score (nSPS) is 20.9. The Hall–Kier alpha value is -1.41. The molecule has 0 spiro atoms. The molecule has 2 heterocycles. The second-order valence-corrected chi connectivity index (χ2v) is 7.11. The number of carboxylic acid groups (broad SMARTS) is 1. The van der Waals surface area contributed by atoms with E-state index in [1.807, 2.05) is 6.07 Å². The molecule has 1 aliphatic rings. The molecule has 1 aromatic heterocycles. The van der Waals surface area contributed by atoms with Gasteiger partial charge in [-0.3, -0.25) is 9.89 Å². The number of hydrogen-bond donors (Lipinski definition) is 2. The number of carbonyl (C=O) groups is 1. The molecule has 0 aromatic carbocycles. The highest BCUT2D eigenvalue weighted by atomic mass is 32.2. The number of hydrogen-bond acceptors (Lipinski definition) is 4. The van der Waals surface area contributed by atoms with E-state index in [1.54, 1.807) is 6.20 Å². The van der Waals surface area contributed by atoms with Crippen LogP contribution in [0.2, 0.25) is 0 Å². The van der Waals surface area contributed by atoms with Gasteiger partial charge in [0, 0.05) is 37.3 Å². The van der Waals surface area contributed by atoms with Crippen molar-refractivity contribution in [3.8, 4) is 0 Å². The average molecular weight is 301 g/mol. The topological polar surface area (TPSA) is 103 Å². The maximum atomic E-state index is 12.2. The number of piperidine rings is 1. The van der Waals surface area contributed by atoms with Gasteiger partial charge in [-0.2, -0.15) is 5.10 Å². The van der Waals surface area contributed by atoms with Crippen LogP contribution in [0.1, 0.15) is 37.3 Å². The second-order valence-electron chi connectivity index (χ2n) is 5.02. The fourth-order valence-corrected chi connectivity index (χ4v) is 4.06. The highest BCUT2D eigenvalue weighted by molar-refractivity contribution is 7.89. The maximum absolute atomic E-state index is 12.2. The molecule has 0 saturated carbocycles. The van der Waals surface area contributed by atoms with E-state index in [-0.39, 0.29) is 24.5 Å². The number of nitrogens with one attached hydrogen (secondary N) is 1. The van der Waals surface area contributed by atoms with Gasteiger partial charge in [0.1, 0.15) is 0 Å². The Morgan fingerprint density at radius 3 is 3.00 bits per heavy atom. The summed E-state index contributed by atoms with van der Waals surface area (Å²) in [6.07, 6.45) is 3.45. The average Bonchev–Trinajstić information content (AvgIpc) is 2.92. The quantitative estimate of drug-likeness (QED) is 0.808. The van der Waals surface area contributed by atoms with Crippen LogP contribution in [0.15, 0.2) is 12.3 Å². The molecule has 2 rings (SSSR count). The first-order valence-corrected chi connectivity index (χ1v) is 8.29. The van der Waals surface area contributed by atoms with Crippen molar-refractivity contribution in [1.29, 1.82) is 0 Å². The number of nitrogens with zero attached hydrogens (tertiary/aromatic N) is 2. The van der Waals surface area contributed by atoms with Crippen LogP contribution in [-0.4, -0.2) is 52.8 Å². The Balaban J connectivity index is 1.95. The lowest BCUT2D eigenvalue weighted by Crippen LogP contribution is -2.40. The first kappa shape index (κ1) is 15.0. The molecule has 1 unspecified atom stereocenters. The van der Waals surface area contributed by atoms with Crippen LogP contribution in [-0.2, 0) is 14.8 Å². The first-order chi connectivity index (χ1) is 9.49. The zero-order valence-corrected chi connectivity index (χ0v) is 12.0. The molecule has 1 aromatic rings. The van der Waals surface area contributed by atoms with Gasteiger partial charge in [-0.1, -0.05) is 0 Å². The highest BCUT2D eigenvalue weighted by Crippen LogP contribution is 2.27. The van der Waals surface area contributed by atoms with Crippen LogP contribution in [0.4, 0.5) is 0 Å². The number of H-pyrrole nitrogens is 1. The summed E-state index contributed by atoms with van der Waals surface area (Å²) in [5.74, 6) is -0.927. The molecule has 1 atom stereocenters. The Kier molecular flexibility index (Phi) is 4.77. The molecule has 1 aliphatic heterocycles. The van der Waals surface area contributed by atoms with E-state index in [1.165, 1.54) is 4.31 Å². The van der Waals surface area contributed by atoms with Gasteiger partial charge in [0.2, 0.25) is 10.0 Å². The summed E-state index contributed by atoms with van der Waals surface area (Å²) < 4.78 is 25.9. The summed E-state index contributed by atoms with van der Waals surface area (Å²) in [6, 6.07) is 1.87. The zero-order chi connectivity index (χ0) is 14.6. The van der Waals surface area contributed by atoms with Crippen LogP contribution in [0, 0.1) is 0 Å². The molecule has 0 aliphatic carbocycles. The summed E-state index contributed by atoms with van der Waals surface area (Å²) in [7, 11) is -3.37. The standard InChI is InChI=1S/C12H19N3O4S/c16-12(17)4-2-8-20(18,19)15-7-1-3-10(9-15)11-5-6-13-14-11/h5-6,10H,1-4,7-9H2,(H,13,14)(H,16,17). The van der Waals surface area contributed by atoms with E-state index >= 15 is 0 Å². The Bertz CT molecular complexity index is 541. The predicted molar refractivity (Wildman–Crippen MR) is 72.8 cm³/mol. The van der Waals surface area contributed by atoms with Gasteiger partial charge in [-0.25, -0.2) is 12.7 Å². The van der Waals surface area contributed by atoms with Crippen LogP contribution >= 0.6 is 0 Å². The lowest BCUT2D eigenvalue weighted by Gasteiger charge is -2.31. The van der Waals surface area contributed by atoms with Crippen molar-refractivity contribution >= 4 is 16.0 Å². The molecule has 2 N–H and O–H groups in total. The Labute approximate surface area is 118 Å². The van der Waals surface area contributed by atoms with Crippen molar-refractivity contribution in [1.82, 2.24) is 14.5 Å². The molecule has 0 radical (unpaired) electrons. The fourth-order valence-electron chi connectivity index (χ4n) is 2.48. The third-order valence-electron chi connectivity index (χ3n) is 3.53. The van der Waals surface area contributed by atoms with Crippen LogP contribution in [0.25, 0.3) is 0 Å². The van der Waals surface area contributed by atoms with E-state index < -0.39 is 16.0 Å². The second kappa shape index (κ2) is 6.36. The van der Waals surface area contributed by atoms with Crippen LogP contribution < -0.4 is 0 Å². The van der Waals surface area contributed by atoms with Crippen LogP contribution in [0.5, 0.6) is 0 Å². The molecule has 0 bridgehead atoms. The van der Waals surface area contributed by atoms with E-state index in [2.05, 4.69) is 10.2 Å². The smallest absolute Gasteiger partial charge is 0.303 e. The van der Waals surface area contributed by atoms with E-state index in [9.17, 15) is 13.2 Å². The van der Waals surface area contributed by atoms with E-state index in [0.717, 1.165) is 18.5 Å². The maximum Gasteiger partial charge on any atom is 0.303 e. The lowest BCUT2D eigenvalue weighted by atomic mass is 9.96. The molecule has 8 heteroatoms. The summed E-state index contributed by atoms with van der Waals surface area (Å²) >= 11 is 0. The van der Waals surface area contributed by atoms with Crippen LogP contribution in [0.3, 0.4) is 0 Å². The van der Waals surface area contributed by atoms with Crippen molar-refractivity contribution in [3.05, 3.63) is 18.0 Å². The zero-order valence-electron chi connectivity index (χ0n) is 11.2. The van der Waals surface area contributed by atoms with Crippen molar-refractivity contribution < 1.29 is 18.3 Å². The highest BCUT2D eigenvalue weighted by Gasteiger charge is 2.29. The Morgan fingerprint density at radius 1 is 1.55 bits per heavy atom. The summed E-state index contributed by atoms with van der Waals surface area (Å²) in [5.41, 5.74) is 0.954. The van der Waals surface area contributed by atoms with Gasteiger partial charge in [-0.05, 0) is 25.3 Å². The third-order valence-corrected chi connectivity index (χ3v) is 5.46. The summed E-state index contributed by atoms with van der Waals surface area (Å²) in [6.45, 7) is 0.956. The minimum Gasteiger partial charge on any atom is -0.481 e. The van der Waals surface area contributed by atoms with E-state index in [0.29, 0.717) is 13.1 Å². The monoisotopic (exact) mass is 301 g/mol. The number of sulfonamides is 1. The predicted octanol–water partition coefficient (Wildman–Crippen LogP) is 0.784. The molecule has 20 heavy (non-hydrogen) atoms. The molecule has 1 saturated heterocycles. The molecule has 1 fully saturated rings. The Morgan fingerprint density at radius 2 is 2.35 bits per heavy atom. The number of aromatic nitrogens is 2. The van der Waals surface area contributed by atoms with Gasteiger partial charge in [0.25, 0.3) is 0 Å². The largest absolute Gasteiger partial charge is 0.481 e. The minimum atomic E-state index is -3.37. The minimum absolute atomic E-state index is 0.102. The van der Waals surface area contributed by atoms with Crippen molar-refractivity contribution in [2.75, 3.05) is 18.8 Å². The number of rotatable bonds is 6. The molecule has 0 amide bonds. The molecule has 112 valence electrons. The van der Waals surface area contributed by atoms with Crippen molar-refractivity contribution in [3.63, 3.8) is 0 Å². The van der Waals surface area contributed by atoms with Gasteiger partial charge in [-0.15, -0.1) is 0 Å². The lowest BCUT2D eigenvalue weighted by molar-refractivity contribution is -0.137. The third kappa shape index (κ3) is 3.80. The first-order valence-electron chi connectivity index (χ1n) is 6.68. The van der Waals surface area contributed by atoms with Crippen molar-refractivity contribution in [2.24, 2.45) is 0 Å². The molecular weight excluding hydrogens is 282 g/mol. The van der Waals surface area contributed by atoms with Gasteiger partial charge >= 0.3 is 5.97 Å².